The first-order valence-electron chi connectivity index (χ1n) is 10.5. The van der Waals surface area contributed by atoms with Gasteiger partial charge in [-0.1, -0.05) is 50.1 Å². The summed E-state index contributed by atoms with van der Waals surface area (Å²) in [4.78, 5) is 50.9. The molecule has 1 heterocycles. The van der Waals surface area contributed by atoms with Gasteiger partial charge in [-0.2, -0.15) is 0 Å². The van der Waals surface area contributed by atoms with Crippen LogP contribution < -0.4 is 15.0 Å². The molecule has 10 heteroatoms. The predicted molar refractivity (Wildman–Crippen MR) is 139 cm³/mol. The van der Waals surface area contributed by atoms with Crippen LogP contribution in [0.1, 0.15) is 21.5 Å². The quantitative estimate of drug-likeness (QED) is 0.232. The van der Waals surface area contributed by atoms with Crippen molar-refractivity contribution in [2.24, 2.45) is 0 Å². The third-order valence-electron chi connectivity index (χ3n) is 5.26. The number of rotatable bonds is 6. The fourth-order valence-corrected chi connectivity index (χ4v) is 4.22. The van der Waals surface area contributed by atoms with Crippen molar-refractivity contribution in [2.45, 2.75) is 6.61 Å². The second-order valence-electron chi connectivity index (χ2n) is 7.56. The zero-order valence-corrected chi connectivity index (χ0v) is 22.0. The molecule has 0 bridgehead atoms. The van der Waals surface area contributed by atoms with Gasteiger partial charge >= 0.3 is 12.0 Å². The minimum atomic E-state index is -0.896. The van der Waals surface area contributed by atoms with Gasteiger partial charge in [0.15, 0.2) is 0 Å². The van der Waals surface area contributed by atoms with Crippen molar-refractivity contribution in [2.75, 3.05) is 12.0 Å². The van der Waals surface area contributed by atoms with Crippen LogP contribution in [-0.2, 0) is 20.9 Å². The number of halogens is 2. The van der Waals surface area contributed by atoms with E-state index in [-0.39, 0.29) is 23.4 Å². The van der Waals surface area contributed by atoms with Crippen molar-refractivity contribution in [3.05, 3.63) is 97.9 Å². The van der Waals surface area contributed by atoms with E-state index in [2.05, 4.69) is 41.9 Å². The number of esters is 1. The molecule has 0 aromatic heterocycles. The molecule has 0 aliphatic carbocycles. The largest absolute Gasteiger partial charge is 0.488 e. The fraction of sp³-hybridized carbons (Fsp3) is 0.0769. The van der Waals surface area contributed by atoms with Gasteiger partial charge in [0.1, 0.15) is 17.9 Å². The Balaban J connectivity index is 1.66. The van der Waals surface area contributed by atoms with Gasteiger partial charge in [0.05, 0.1) is 18.4 Å². The lowest BCUT2D eigenvalue weighted by Crippen LogP contribution is -2.54. The summed E-state index contributed by atoms with van der Waals surface area (Å²) in [5.41, 5.74) is 1.56. The zero-order valence-electron chi connectivity index (χ0n) is 18.8. The summed E-state index contributed by atoms with van der Waals surface area (Å²) in [5.74, 6) is -1.76. The first-order chi connectivity index (χ1) is 17.3. The van der Waals surface area contributed by atoms with Crippen molar-refractivity contribution >= 4 is 67.4 Å². The van der Waals surface area contributed by atoms with E-state index in [1.54, 1.807) is 18.2 Å². The second kappa shape index (κ2) is 10.9. The molecule has 4 rings (SSSR count). The highest BCUT2D eigenvalue weighted by Crippen LogP contribution is 2.29. The van der Waals surface area contributed by atoms with E-state index in [1.807, 2.05) is 24.3 Å². The summed E-state index contributed by atoms with van der Waals surface area (Å²) >= 11 is 6.89. The van der Waals surface area contributed by atoms with E-state index >= 15 is 0 Å². The first-order valence-corrected chi connectivity index (χ1v) is 12.1. The molecule has 3 aromatic rings. The van der Waals surface area contributed by atoms with Crippen LogP contribution in [0.4, 0.5) is 10.5 Å². The number of methoxy groups -OCH3 is 1. The molecule has 8 nitrogen and oxygen atoms in total. The van der Waals surface area contributed by atoms with Crippen molar-refractivity contribution in [1.29, 1.82) is 0 Å². The summed E-state index contributed by atoms with van der Waals surface area (Å²) in [6.45, 7) is 0.247. The molecule has 0 unspecified atom stereocenters. The maximum atomic E-state index is 13.3. The van der Waals surface area contributed by atoms with Crippen LogP contribution >= 0.6 is 31.9 Å². The number of benzene rings is 3. The van der Waals surface area contributed by atoms with Crippen LogP contribution in [0, 0.1) is 0 Å². The summed E-state index contributed by atoms with van der Waals surface area (Å²) in [6.07, 6.45) is 1.38. The van der Waals surface area contributed by atoms with Gasteiger partial charge < -0.3 is 9.47 Å². The minimum absolute atomic E-state index is 0.184. The average molecular weight is 614 g/mol. The molecule has 0 atom stereocenters. The summed E-state index contributed by atoms with van der Waals surface area (Å²) < 4.78 is 12.2. The van der Waals surface area contributed by atoms with Gasteiger partial charge in [0.2, 0.25) is 0 Å². The van der Waals surface area contributed by atoms with E-state index < -0.39 is 23.8 Å². The standard InChI is InChI=1S/C26H18Br2N2O6/c1-35-25(33)15-6-9-19(10-7-15)30-24(32)20(23(31)29-26(30)34)13-17-12-18(27)8-11-22(17)36-14-16-4-2-3-5-21(16)28/h2-13H,14H2,1H3,(H,29,31,34)/b20-13+. The molecule has 182 valence electrons. The van der Waals surface area contributed by atoms with E-state index in [0.717, 1.165) is 14.9 Å². The topological polar surface area (TPSA) is 102 Å². The highest BCUT2D eigenvalue weighted by molar-refractivity contribution is 9.10. The summed E-state index contributed by atoms with van der Waals surface area (Å²) in [7, 11) is 1.25. The third kappa shape index (κ3) is 5.39. The van der Waals surface area contributed by atoms with Gasteiger partial charge in [-0.15, -0.1) is 0 Å². The lowest BCUT2D eigenvalue weighted by atomic mass is 10.1. The van der Waals surface area contributed by atoms with Crippen LogP contribution in [0.3, 0.4) is 0 Å². The molecule has 1 fully saturated rings. The van der Waals surface area contributed by atoms with Crippen LogP contribution in [-0.4, -0.2) is 30.9 Å². The van der Waals surface area contributed by atoms with E-state index in [0.29, 0.717) is 15.8 Å². The number of hydrogen-bond acceptors (Lipinski definition) is 6. The average Bonchev–Trinajstić information content (AvgIpc) is 2.86. The summed E-state index contributed by atoms with van der Waals surface area (Å²) in [5, 5.41) is 2.19. The number of nitrogens with one attached hydrogen (secondary N) is 1. The molecule has 0 spiro atoms. The number of urea groups is 1. The third-order valence-corrected chi connectivity index (χ3v) is 6.53. The first kappa shape index (κ1) is 25.3. The predicted octanol–water partition coefficient (Wildman–Crippen LogP) is 5.24. The molecular formula is C26H18Br2N2O6. The Morgan fingerprint density at radius 2 is 1.72 bits per heavy atom. The Bertz CT molecular complexity index is 1400. The monoisotopic (exact) mass is 612 g/mol. The highest BCUT2D eigenvalue weighted by atomic mass is 79.9. The highest BCUT2D eigenvalue weighted by Gasteiger charge is 2.37. The number of carbonyl (C=O) groups is 4. The Hall–Kier alpha value is -3.76. The Kier molecular flexibility index (Phi) is 7.66. The lowest BCUT2D eigenvalue weighted by molar-refractivity contribution is -0.122. The number of ether oxygens (including phenoxy) is 2. The number of imide groups is 2. The van der Waals surface area contributed by atoms with Crippen LogP contribution in [0.5, 0.6) is 5.75 Å². The molecule has 3 aromatic carbocycles. The van der Waals surface area contributed by atoms with Crippen LogP contribution in [0.2, 0.25) is 0 Å². The number of amides is 4. The van der Waals surface area contributed by atoms with Gasteiger partial charge in [0.25, 0.3) is 11.8 Å². The number of barbiturate groups is 1. The van der Waals surface area contributed by atoms with Gasteiger partial charge in [-0.25, -0.2) is 14.5 Å². The maximum Gasteiger partial charge on any atom is 0.337 e. The molecule has 1 N–H and O–H groups in total. The van der Waals surface area contributed by atoms with E-state index in [1.165, 1.54) is 37.5 Å². The lowest BCUT2D eigenvalue weighted by Gasteiger charge is -2.26. The van der Waals surface area contributed by atoms with Crippen molar-refractivity contribution in [3.63, 3.8) is 0 Å². The molecule has 0 radical (unpaired) electrons. The maximum absolute atomic E-state index is 13.3. The normalized spacial score (nSPS) is 14.6. The second-order valence-corrected chi connectivity index (χ2v) is 9.33. The number of nitrogens with zero attached hydrogens (tertiary/aromatic N) is 1. The summed E-state index contributed by atoms with van der Waals surface area (Å²) in [6, 6.07) is 17.6. The van der Waals surface area contributed by atoms with E-state index in [4.69, 9.17) is 4.74 Å². The van der Waals surface area contributed by atoms with Crippen LogP contribution in [0.25, 0.3) is 6.08 Å². The van der Waals surface area contributed by atoms with Crippen molar-refractivity contribution in [3.8, 4) is 5.75 Å². The van der Waals surface area contributed by atoms with Crippen molar-refractivity contribution < 1.29 is 28.7 Å². The SMILES string of the molecule is COC(=O)c1ccc(N2C(=O)NC(=O)/C(=C\c3cc(Br)ccc3OCc3ccccc3Br)C2=O)cc1. The Morgan fingerprint density at radius 1 is 1.00 bits per heavy atom. The molecule has 4 amide bonds. The molecule has 36 heavy (non-hydrogen) atoms. The molecular weight excluding hydrogens is 596 g/mol. The number of hydrogen-bond donors (Lipinski definition) is 1. The Morgan fingerprint density at radius 3 is 2.42 bits per heavy atom. The fourth-order valence-electron chi connectivity index (χ4n) is 3.45. The zero-order chi connectivity index (χ0) is 25.8. The number of anilines is 1. The van der Waals surface area contributed by atoms with Gasteiger partial charge in [-0.05, 0) is 54.6 Å². The Labute approximate surface area is 223 Å². The van der Waals surface area contributed by atoms with Crippen LogP contribution in [0.15, 0.2) is 81.2 Å². The van der Waals surface area contributed by atoms with E-state index in [9.17, 15) is 19.2 Å². The van der Waals surface area contributed by atoms with Gasteiger partial charge in [0, 0.05) is 20.1 Å². The molecule has 1 aliphatic rings. The van der Waals surface area contributed by atoms with Crippen molar-refractivity contribution in [1.82, 2.24) is 5.32 Å². The number of carbonyl (C=O) groups excluding carboxylic acids is 4. The molecule has 1 saturated heterocycles. The minimum Gasteiger partial charge on any atom is -0.488 e. The molecule has 0 saturated carbocycles. The smallest absolute Gasteiger partial charge is 0.337 e. The van der Waals surface area contributed by atoms with Gasteiger partial charge in [-0.3, -0.25) is 14.9 Å². The molecule has 1 aliphatic heterocycles.